The Labute approximate surface area is 125 Å². The highest BCUT2D eigenvalue weighted by Gasteiger charge is 2.38. The summed E-state index contributed by atoms with van der Waals surface area (Å²) in [7, 11) is 3.53. The first-order valence-corrected chi connectivity index (χ1v) is 7.48. The summed E-state index contributed by atoms with van der Waals surface area (Å²) >= 11 is 0. The molecular formula is C14H25N5O2. The van der Waals surface area contributed by atoms with Crippen LogP contribution in [-0.4, -0.2) is 76.6 Å². The highest BCUT2D eigenvalue weighted by Crippen LogP contribution is 2.28. The predicted octanol–water partition coefficient (Wildman–Crippen LogP) is 0.0977. The van der Waals surface area contributed by atoms with E-state index in [-0.39, 0.29) is 17.9 Å². The number of carbonyl (C=O) groups excluding carboxylic acids is 1. The summed E-state index contributed by atoms with van der Waals surface area (Å²) in [5.74, 6) is 0.261. The van der Waals surface area contributed by atoms with Crippen molar-refractivity contribution in [2.75, 3.05) is 39.8 Å². The number of likely N-dealkylation sites (N-methyl/N-ethyl adjacent to an activating group) is 1. The topological polar surface area (TPSA) is 63.5 Å². The van der Waals surface area contributed by atoms with E-state index in [0.717, 1.165) is 18.8 Å². The van der Waals surface area contributed by atoms with Crippen LogP contribution in [0.1, 0.15) is 25.5 Å². The Bertz CT molecular complexity index is 472. The molecule has 1 amide bonds. The van der Waals surface area contributed by atoms with E-state index >= 15 is 0 Å². The molecule has 0 saturated carbocycles. The number of aromatic nitrogens is 3. The van der Waals surface area contributed by atoms with Crippen LogP contribution < -0.4 is 0 Å². The molecule has 2 atom stereocenters. The zero-order chi connectivity index (χ0) is 15.4. The van der Waals surface area contributed by atoms with Crippen LogP contribution in [0.25, 0.3) is 0 Å². The van der Waals surface area contributed by atoms with Gasteiger partial charge in [-0.2, -0.15) is 0 Å². The van der Waals surface area contributed by atoms with Crippen LogP contribution in [0.2, 0.25) is 0 Å². The molecule has 1 aromatic rings. The van der Waals surface area contributed by atoms with Gasteiger partial charge in [-0.1, -0.05) is 19.1 Å². The number of methoxy groups -OCH3 is 1. The van der Waals surface area contributed by atoms with Crippen LogP contribution in [0.3, 0.4) is 0 Å². The summed E-state index contributed by atoms with van der Waals surface area (Å²) in [6, 6.07) is 0. The van der Waals surface area contributed by atoms with Crippen molar-refractivity contribution < 1.29 is 9.53 Å². The molecule has 0 radical (unpaired) electrons. The maximum absolute atomic E-state index is 12.4. The molecule has 7 heteroatoms. The summed E-state index contributed by atoms with van der Waals surface area (Å²) in [5.41, 5.74) is 0.891. The van der Waals surface area contributed by atoms with Crippen LogP contribution in [0.5, 0.6) is 0 Å². The van der Waals surface area contributed by atoms with E-state index in [2.05, 4.69) is 29.1 Å². The van der Waals surface area contributed by atoms with Gasteiger partial charge in [0.05, 0.1) is 24.3 Å². The number of amides is 1. The molecule has 1 aromatic heterocycles. The molecule has 118 valence electrons. The first-order valence-electron chi connectivity index (χ1n) is 7.48. The lowest BCUT2D eigenvalue weighted by Gasteiger charge is -2.22. The van der Waals surface area contributed by atoms with Gasteiger partial charge in [0.25, 0.3) is 0 Å². The monoisotopic (exact) mass is 295 g/mol. The van der Waals surface area contributed by atoms with E-state index in [0.29, 0.717) is 19.6 Å². The van der Waals surface area contributed by atoms with Crippen molar-refractivity contribution in [2.45, 2.75) is 25.9 Å². The molecule has 0 unspecified atom stereocenters. The van der Waals surface area contributed by atoms with Crippen molar-refractivity contribution in [1.82, 2.24) is 24.8 Å². The van der Waals surface area contributed by atoms with Crippen molar-refractivity contribution in [3.05, 3.63) is 11.9 Å². The maximum atomic E-state index is 12.4. The standard InChI is InChI=1S/C14H25N5O2/c1-5-18(6-2)10-14(20)19-7-11(13(9-19)21-4)12-8-17(3)16-15-12/h8,11,13H,5-7,9-10H2,1-4H3/t11-,13+/m0/s1. The number of aryl methyl sites for hydroxylation is 1. The van der Waals surface area contributed by atoms with Gasteiger partial charge in [0.2, 0.25) is 5.91 Å². The third-order valence-electron chi connectivity index (χ3n) is 4.18. The normalized spacial score (nSPS) is 22.2. The summed E-state index contributed by atoms with van der Waals surface area (Å²) in [5, 5.41) is 8.14. The second-order valence-electron chi connectivity index (χ2n) is 5.46. The van der Waals surface area contributed by atoms with Gasteiger partial charge < -0.3 is 9.64 Å². The molecule has 1 aliphatic rings. The van der Waals surface area contributed by atoms with Crippen LogP contribution in [-0.2, 0) is 16.6 Å². The van der Waals surface area contributed by atoms with Crippen LogP contribution in [0.15, 0.2) is 6.20 Å². The fraction of sp³-hybridized carbons (Fsp3) is 0.786. The van der Waals surface area contributed by atoms with Crippen molar-refractivity contribution in [3.8, 4) is 0 Å². The minimum absolute atomic E-state index is 0.0117. The van der Waals surface area contributed by atoms with Gasteiger partial charge in [0.15, 0.2) is 0 Å². The molecule has 21 heavy (non-hydrogen) atoms. The minimum Gasteiger partial charge on any atom is -0.379 e. The van der Waals surface area contributed by atoms with E-state index in [4.69, 9.17) is 4.74 Å². The summed E-state index contributed by atoms with van der Waals surface area (Å²) in [6.45, 7) is 7.66. The van der Waals surface area contributed by atoms with Gasteiger partial charge in [-0.05, 0) is 13.1 Å². The van der Waals surface area contributed by atoms with Crippen molar-refractivity contribution in [3.63, 3.8) is 0 Å². The maximum Gasteiger partial charge on any atom is 0.236 e. The van der Waals surface area contributed by atoms with E-state index in [1.54, 1.807) is 11.8 Å². The third-order valence-corrected chi connectivity index (χ3v) is 4.18. The molecule has 1 aliphatic heterocycles. The SMILES string of the molecule is CCN(CC)CC(=O)N1C[C@@H](OC)[C@H](c2cn(C)nn2)C1. The van der Waals surface area contributed by atoms with E-state index < -0.39 is 0 Å². The number of hydrogen-bond acceptors (Lipinski definition) is 5. The lowest BCUT2D eigenvalue weighted by Crippen LogP contribution is -2.39. The molecule has 0 bridgehead atoms. The quantitative estimate of drug-likeness (QED) is 0.745. The fourth-order valence-corrected chi connectivity index (χ4v) is 2.77. The Morgan fingerprint density at radius 2 is 2.14 bits per heavy atom. The number of ether oxygens (including phenoxy) is 1. The first-order chi connectivity index (χ1) is 10.1. The van der Waals surface area contributed by atoms with Gasteiger partial charge in [-0.3, -0.25) is 14.4 Å². The third kappa shape index (κ3) is 3.59. The Kier molecular flexibility index (Phi) is 5.30. The molecular weight excluding hydrogens is 270 g/mol. The predicted molar refractivity (Wildman–Crippen MR) is 78.9 cm³/mol. The van der Waals surface area contributed by atoms with Crippen LogP contribution in [0, 0.1) is 0 Å². The average molecular weight is 295 g/mol. The zero-order valence-corrected chi connectivity index (χ0v) is 13.3. The molecule has 0 aliphatic carbocycles. The van der Waals surface area contributed by atoms with Gasteiger partial charge >= 0.3 is 0 Å². The second-order valence-corrected chi connectivity index (χ2v) is 5.46. The Balaban J connectivity index is 2.03. The number of likely N-dealkylation sites (tertiary alicyclic amines) is 1. The van der Waals surface area contributed by atoms with E-state index in [1.807, 2.05) is 18.1 Å². The summed E-state index contributed by atoms with van der Waals surface area (Å²) in [6.07, 6.45) is 1.89. The van der Waals surface area contributed by atoms with Gasteiger partial charge in [-0.25, -0.2) is 0 Å². The molecule has 1 saturated heterocycles. The lowest BCUT2D eigenvalue weighted by molar-refractivity contribution is -0.131. The first kappa shape index (κ1) is 15.9. The summed E-state index contributed by atoms with van der Waals surface area (Å²) in [4.78, 5) is 16.4. The average Bonchev–Trinajstić information content (AvgIpc) is 3.10. The number of nitrogens with zero attached hydrogens (tertiary/aromatic N) is 5. The largest absolute Gasteiger partial charge is 0.379 e. The van der Waals surface area contributed by atoms with Crippen LogP contribution in [0.4, 0.5) is 0 Å². The smallest absolute Gasteiger partial charge is 0.236 e. The zero-order valence-electron chi connectivity index (χ0n) is 13.3. The van der Waals surface area contributed by atoms with E-state index in [9.17, 15) is 4.79 Å². The van der Waals surface area contributed by atoms with Crippen LogP contribution >= 0.6 is 0 Å². The fourth-order valence-electron chi connectivity index (χ4n) is 2.77. The number of carbonyl (C=O) groups is 1. The highest BCUT2D eigenvalue weighted by atomic mass is 16.5. The molecule has 0 aromatic carbocycles. The molecule has 0 N–H and O–H groups in total. The number of hydrogen-bond donors (Lipinski definition) is 0. The van der Waals surface area contributed by atoms with Gasteiger partial charge in [0, 0.05) is 33.4 Å². The molecule has 2 rings (SSSR count). The molecule has 7 nitrogen and oxygen atoms in total. The van der Waals surface area contributed by atoms with E-state index in [1.165, 1.54) is 0 Å². The van der Waals surface area contributed by atoms with Crippen molar-refractivity contribution in [2.24, 2.45) is 7.05 Å². The van der Waals surface area contributed by atoms with Gasteiger partial charge in [-0.15, -0.1) is 5.10 Å². The van der Waals surface area contributed by atoms with Crippen molar-refractivity contribution >= 4 is 5.91 Å². The Hall–Kier alpha value is -1.47. The summed E-state index contributed by atoms with van der Waals surface area (Å²) < 4.78 is 7.22. The van der Waals surface area contributed by atoms with Gasteiger partial charge in [0.1, 0.15) is 0 Å². The Morgan fingerprint density at radius 3 is 2.67 bits per heavy atom. The number of rotatable bonds is 6. The molecule has 0 spiro atoms. The lowest BCUT2D eigenvalue weighted by atomic mass is 10.0. The second kappa shape index (κ2) is 7.00. The molecule has 2 heterocycles. The highest BCUT2D eigenvalue weighted by molar-refractivity contribution is 5.78. The minimum atomic E-state index is -0.0117. The Morgan fingerprint density at radius 1 is 1.43 bits per heavy atom. The molecule has 1 fully saturated rings. The van der Waals surface area contributed by atoms with Crippen molar-refractivity contribution in [1.29, 1.82) is 0 Å².